The Morgan fingerprint density at radius 2 is 2.29 bits per heavy atom. The third kappa shape index (κ3) is 3.83. The summed E-state index contributed by atoms with van der Waals surface area (Å²) < 4.78 is 4.81. The van der Waals surface area contributed by atoms with Crippen LogP contribution in [0, 0.1) is 0 Å². The number of rotatable bonds is 6. The zero-order valence-electron chi connectivity index (χ0n) is 9.73. The lowest BCUT2D eigenvalue weighted by atomic mass is 10.0. The SMILES string of the molecule is COCC(C)(NC(=O)Cc1cccs1)C(=O)O. The van der Waals surface area contributed by atoms with Crippen LogP contribution in [0.2, 0.25) is 0 Å². The molecule has 0 saturated carbocycles. The molecule has 0 saturated heterocycles. The molecule has 0 aliphatic carbocycles. The van der Waals surface area contributed by atoms with Crippen LogP contribution in [0.5, 0.6) is 0 Å². The summed E-state index contributed by atoms with van der Waals surface area (Å²) in [6.07, 6.45) is 0.185. The van der Waals surface area contributed by atoms with Gasteiger partial charge in [0, 0.05) is 12.0 Å². The van der Waals surface area contributed by atoms with E-state index < -0.39 is 11.5 Å². The predicted molar refractivity (Wildman–Crippen MR) is 64.1 cm³/mol. The molecule has 0 aliphatic rings. The molecule has 1 aromatic heterocycles. The van der Waals surface area contributed by atoms with Gasteiger partial charge < -0.3 is 15.2 Å². The van der Waals surface area contributed by atoms with E-state index in [1.807, 2.05) is 17.5 Å². The van der Waals surface area contributed by atoms with Crippen LogP contribution in [-0.2, 0) is 20.7 Å². The number of methoxy groups -OCH3 is 1. The highest BCUT2D eigenvalue weighted by Crippen LogP contribution is 2.11. The van der Waals surface area contributed by atoms with Gasteiger partial charge in [-0.15, -0.1) is 11.3 Å². The van der Waals surface area contributed by atoms with Gasteiger partial charge in [-0.2, -0.15) is 0 Å². The van der Waals surface area contributed by atoms with Gasteiger partial charge in [0.1, 0.15) is 0 Å². The van der Waals surface area contributed by atoms with Gasteiger partial charge in [0.05, 0.1) is 13.0 Å². The van der Waals surface area contributed by atoms with Crippen molar-refractivity contribution < 1.29 is 19.4 Å². The molecule has 1 amide bonds. The van der Waals surface area contributed by atoms with Gasteiger partial charge in [0.25, 0.3) is 0 Å². The lowest BCUT2D eigenvalue weighted by Gasteiger charge is -2.25. The van der Waals surface area contributed by atoms with Crippen molar-refractivity contribution in [3.8, 4) is 0 Å². The molecule has 0 spiro atoms. The molecule has 1 rings (SSSR count). The van der Waals surface area contributed by atoms with Crippen molar-refractivity contribution in [3.63, 3.8) is 0 Å². The fraction of sp³-hybridized carbons (Fsp3) is 0.455. The molecule has 1 unspecified atom stereocenters. The van der Waals surface area contributed by atoms with Crippen LogP contribution < -0.4 is 5.32 Å². The van der Waals surface area contributed by atoms with Crippen molar-refractivity contribution in [1.29, 1.82) is 0 Å². The quantitative estimate of drug-likeness (QED) is 0.793. The van der Waals surface area contributed by atoms with E-state index in [0.29, 0.717) is 0 Å². The van der Waals surface area contributed by atoms with Gasteiger partial charge in [0.2, 0.25) is 5.91 Å². The summed E-state index contributed by atoms with van der Waals surface area (Å²) >= 11 is 1.46. The van der Waals surface area contributed by atoms with E-state index in [-0.39, 0.29) is 18.9 Å². The fourth-order valence-corrected chi connectivity index (χ4v) is 2.07. The number of aliphatic carboxylic acids is 1. The van der Waals surface area contributed by atoms with Gasteiger partial charge in [-0.1, -0.05) is 6.07 Å². The Bertz CT molecular complexity index is 390. The highest BCUT2D eigenvalue weighted by atomic mass is 32.1. The maximum atomic E-state index is 11.7. The number of carboxylic acids is 1. The van der Waals surface area contributed by atoms with Crippen molar-refractivity contribution in [3.05, 3.63) is 22.4 Å². The molecule has 5 nitrogen and oxygen atoms in total. The molecule has 6 heteroatoms. The Labute approximate surface area is 103 Å². The second-order valence-corrected chi connectivity index (χ2v) is 4.91. The first kappa shape index (κ1) is 13.7. The number of thiophene rings is 1. The van der Waals surface area contributed by atoms with E-state index in [4.69, 9.17) is 9.84 Å². The Morgan fingerprint density at radius 3 is 2.76 bits per heavy atom. The summed E-state index contributed by atoms with van der Waals surface area (Å²) in [5.41, 5.74) is -1.39. The van der Waals surface area contributed by atoms with Crippen molar-refractivity contribution in [1.82, 2.24) is 5.32 Å². The number of hydrogen-bond acceptors (Lipinski definition) is 4. The van der Waals surface area contributed by atoms with Crippen molar-refractivity contribution >= 4 is 23.2 Å². The lowest BCUT2D eigenvalue weighted by molar-refractivity contribution is -0.149. The van der Waals surface area contributed by atoms with Crippen LogP contribution >= 0.6 is 11.3 Å². The Hall–Kier alpha value is -1.40. The summed E-state index contributed by atoms with van der Waals surface area (Å²) in [5.74, 6) is -1.44. The molecule has 1 aromatic rings. The maximum absolute atomic E-state index is 11.7. The van der Waals surface area contributed by atoms with E-state index in [9.17, 15) is 9.59 Å². The van der Waals surface area contributed by atoms with Gasteiger partial charge >= 0.3 is 5.97 Å². The fourth-order valence-electron chi connectivity index (χ4n) is 1.36. The van der Waals surface area contributed by atoms with Crippen LogP contribution in [0.4, 0.5) is 0 Å². The Morgan fingerprint density at radius 1 is 1.59 bits per heavy atom. The molecule has 1 atom stereocenters. The summed E-state index contributed by atoms with van der Waals surface area (Å²) in [7, 11) is 1.40. The second kappa shape index (κ2) is 5.79. The first-order valence-corrected chi connectivity index (χ1v) is 5.91. The minimum absolute atomic E-state index is 0.0709. The predicted octanol–water partition coefficient (Wildman–Crippen LogP) is 0.896. The van der Waals surface area contributed by atoms with Crippen LogP contribution in [0.25, 0.3) is 0 Å². The highest BCUT2D eigenvalue weighted by molar-refractivity contribution is 7.10. The third-order valence-corrected chi connectivity index (χ3v) is 3.11. The molecule has 17 heavy (non-hydrogen) atoms. The molecule has 2 N–H and O–H groups in total. The number of carbonyl (C=O) groups is 2. The van der Waals surface area contributed by atoms with Crippen LogP contribution in [0.3, 0.4) is 0 Å². The Kier molecular flexibility index (Phi) is 4.65. The van der Waals surface area contributed by atoms with Gasteiger partial charge in [-0.25, -0.2) is 4.79 Å². The van der Waals surface area contributed by atoms with Crippen molar-refractivity contribution in [2.45, 2.75) is 18.9 Å². The van der Waals surface area contributed by atoms with Crippen LogP contribution in [-0.4, -0.2) is 36.2 Å². The summed E-state index contributed by atoms with van der Waals surface area (Å²) in [6.45, 7) is 1.35. The minimum atomic E-state index is -1.39. The molecular formula is C11H15NO4S. The maximum Gasteiger partial charge on any atom is 0.331 e. The molecule has 0 aromatic carbocycles. The van der Waals surface area contributed by atoms with Crippen molar-refractivity contribution in [2.75, 3.05) is 13.7 Å². The summed E-state index contributed by atoms with van der Waals surface area (Å²) in [4.78, 5) is 23.6. The average molecular weight is 257 g/mol. The minimum Gasteiger partial charge on any atom is -0.479 e. The number of carbonyl (C=O) groups excluding carboxylic acids is 1. The molecule has 0 fully saturated rings. The van der Waals surface area contributed by atoms with Gasteiger partial charge in [-0.3, -0.25) is 4.79 Å². The summed E-state index contributed by atoms with van der Waals surface area (Å²) in [6, 6.07) is 3.68. The van der Waals surface area contributed by atoms with Gasteiger partial charge in [0.15, 0.2) is 5.54 Å². The zero-order valence-corrected chi connectivity index (χ0v) is 10.5. The molecule has 1 heterocycles. The molecule has 0 bridgehead atoms. The molecular weight excluding hydrogens is 242 g/mol. The molecule has 0 radical (unpaired) electrons. The highest BCUT2D eigenvalue weighted by Gasteiger charge is 2.34. The van der Waals surface area contributed by atoms with Crippen LogP contribution in [0.1, 0.15) is 11.8 Å². The van der Waals surface area contributed by atoms with Crippen LogP contribution in [0.15, 0.2) is 17.5 Å². The monoisotopic (exact) mass is 257 g/mol. The van der Waals surface area contributed by atoms with E-state index in [1.54, 1.807) is 0 Å². The second-order valence-electron chi connectivity index (χ2n) is 3.87. The smallest absolute Gasteiger partial charge is 0.331 e. The summed E-state index contributed by atoms with van der Waals surface area (Å²) in [5, 5.41) is 13.4. The first-order chi connectivity index (χ1) is 7.98. The standard InChI is InChI=1S/C11H15NO4S/c1-11(7-16-2,10(14)15)12-9(13)6-8-4-3-5-17-8/h3-5H,6-7H2,1-2H3,(H,12,13)(H,14,15). The van der Waals surface area contributed by atoms with Crippen molar-refractivity contribution in [2.24, 2.45) is 0 Å². The normalized spacial score (nSPS) is 14.0. The first-order valence-electron chi connectivity index (χ1n) is 5.03. The topological polar surface area (TPSA) is 75.6 Å². The van der Waals surface area contributed by atoms with E-state index in [2.05, 4.69) is 5.32 Å². The van der Waals surface area contributed by atoms with Gasteiger partial charge in [-0.05, 0) is 18.4 Å². The largest absolute Gasteiger partial charge is 0.479 e. The van der Waals surface area contributed by atoms with E-state index >= 15 is 0 Å². The number of ether oxygens (including phenoxy) is 1. The molecule has 0 aliphatic heterocycles. The number of carboxylic acid groups (broad SMARTS) is 1. The number of nitrogens with one attached hydrogen (secondary N) is 1. The number of hydrogen-bond donors (Lipinski definition) is 2. The van der Waals surface area contributed by atoms with E-state index in [0.717, 1.165) is 4.88 Å². The zero-order chi connectivity index (χ0) is 12.9. The Balaban J connectivity index is 2.61. The molecule has 94 valence electrons. The number of amides is 1. The average Bonchev–Trinajstić information content (AvgIpc) is 2.70. The lowest BCUT2D eigenvalue weighted by Crippen LogP contribution is -2.55. The van der Waals surface area contributed by atoms with E-state index in [1.165, 1.54) is 25.4 Å². The third-order valence-electron chi connectivity index (χ3n) is 2.24.